The lowest BCUT2D eigenvalue weighted by Gasteiger charge is -2.29. The van der Waals surface area contributed by atoms with Crippen LogP contribution in [-0.2, 0) is 35.4 Å². The van der Waals surface area contributed by atoms with Crippen molar-refractivity contribution in [2.75, 3.05) is 23.4 Å². The molecule has 0 saturated carbocycles. The van der Waals surface area contributed by atoms with Crippen LogP contribution in [0.3, 0.4) is 0 Å². The fourth-order valence-corrected chi connectivity index (χ4v) is 4.94. The van der Waals surface area contributed by atoms with Crippen molar-refractivity contribution in [3.05, 3.63) is 29.8 Å². The molecule has 0 aromatic heterocycles. The SMILES string of the molecule is CCN(C(=O)[C@H](C)OC(=O)Cc1ccc(NC(C)=O)cc1)[C@@H]1CCS(=O)(=O)C1. The molecule has 8 nitrogen and oxygen atoms in total. The molecule has 2 amide bonds. The fraction of sp³-hybridized carbons (Fsp3) is 0.526. The molecule has 0 spiro atoms. The van der Waals surface area contributed by atoms with Crippen LogP contribution in [0.5, 0.6) is 0 Å². The van der Waals surface area contributed by atoms with Gasteiger partial charge in [0.15, 0.2) is 15.9 Å². The van der Waals surface area contributed by atoms with Crippen molar-refractivity contribution >= 4 is 33.3 Å². The minimum Gasteiger partial charge on any atom is -0.452 e. The van der Waals surface area contributed by atoms with Gasteiger partial charge in [-0.1, -0.05) is 12.1 Å². The van der Waals surface area contributed by atoms with Gasteiger partial charge in [0.25, 0.3) is 5.91 Å². The molecule has 28 heavy (non-hydrogen) atoms. The number of hydrogen-bond donors (Lipinski definition) is 1. The lowest BCUT2D eigenvalue weighted by atomic mass is 10.1. The molecule has 1 N–H and O–H groups in total. The Bertz CT molecular complexity index is 834. The van der Waals surface area contributed by atoms with Crippen molar-refractivity contribution in [3.8, 4) is 0 Å². The van der Waals surface area contributed by atoms with E-state index in [4.69, 9.17) is 4.74 Å². The van der Waals surface area contributed by atoms with Crippen molar-refractivity contribution in [2.45, 2.75) is 45.8 Å². The molecule has 1 aromatic rings. The summed E-state index contributed by atoms with van der Waals surface area (Å²) in [5.41, 5.74) is 1.31. The van der Waals surface area contributed by atoms with E-state index >= 15 is 0 Å². The minimum absolute atomic E-state index is 0.0120. The molecule has 1 aliphatic heterocycles. The molecule has 1 aliphatic rings. The van der Waals surface area contributed by atoms with Crippen LogP contribution in [0.15, 0.2) is 24.3 Å². The fourth-order valence-electron chi connectivity index (χ4n) is 3.21. The van der Waals surface area contributed by atoms with E-state index in [0.717, 1.165) is 0 Å². The molecule has 1 aromatic carbocycles. The number of carbonyl (C=O) groups excluding carboxylic acids is 3. The number of sulfone groups is 1. The summed E-state index contributed by atoms with van der Waals surface area (Å²) in [6.45, 7) is 5.02. The van der Waals surface area contributed by atoms with Crippen molar-refractivity contribution in [2.24, 2.45) is 0 Å². The number of likely N-dealkylation sites (N-methyl/N-ethyl adjacent to an activating group) is 1. The summed E-state index contributed by atoms with van der Waals surface area (Å²) in [6, 6.07) is 6.38. The molecule has 2 rings (SSSR count). The highest BCUT2D eigenvalue weighted by molar-refractivity contribution is 7.91. The second-order valence-electron chi connectivity index (χ2n) is 6.87. The largest absolute Gasteiger partial charge is 0.452 e. The van der Waals surface area contributed by atoms with Gasteiger partial charge in [-0.2, -0.15) is 0 Å². The monoisotopic (exact) mass is 410 g/mol. The Kier molecular flexibility index (Phi) is 7.17. The number of rotatable bonds is 7. The number of nitrogens with one attached hydrogen (secondary N) is 1. The summed E-state index contributed by atoms with van der Waals surface area (Å²) in [5, 5.41) is 2.64. The molecule has 2 atom stereocenters. The van der Waals surface area contributed by atoms with Gasteiger partial charge in [0.05, 0.1) is 17.9 Å². The number of anilines is 1. The molecule has 0 bridgehead atoms. The van der Waals surface area contributed by atoms with E-state index in [2.05, 4.69) is 5.32 Å². The van der Waals surface area contributed by atoms with Gasteiger partial charge < -0.3 is 15.0 Å². The highest BCUT2D eigenvalue weighted by Crippen LogP contribution is 2.19. The zero-order chi connectivity index (χ0) is 20.9. The summed E-state index contributed by atoms with van der Waals surface area (Å²) in [6.07, 6.45) is -0.597. The number of ether oxygens (including phenoxy) is 1. The second kappa shape index (κ2) is 9.18. The standard InChI is InChI=1S/C19H26N2O6S/c1-4-21(17-9-10-28(25,26)12-17)19(24)13(2)27-18(23)11-15-5-7-16(8-6-15)20-14(3)22/h5-8,13,17H,4,9-12H2,1-3H3,(H,20,22)/t13-,17+/m0/s1. The van der Waals surface area contributed by atoms with Crippen LogP contribution < -0.4 is 5.32 Å². The summed E-state index contributed by atoms with van der Waals surface area (Å²) in [5.74, 6) is -1.10. The lowest BCUT2D eigenvalue weighted by molar-refractivity contribution is -0.159. The van der Waals surface area contributed by atoms with Crippen molar-refractivity contribution in [1.82, 2.24) is 4.90 Å². The number of nitrogens with zero attached hydrogens (tertiary/aromatic N) is 1. The third-order valence-corrected chi connectivity index (χ3v) is 6.30. The molecular weight excluding hydrogens is 384 g/mol. The van der Waals surface area contributed by atoms with Crippen LogP contribution in [0.25, 0.3) is 0 Å². The normalized spacial score (nSPS) is 18.9. The average Bonchev–Trinajstić information content (AvgIpc) is 2.96. The van der Waals surface area contributed by atoms with Gasteiger partial charge in [0.2, 0.25) is 5.91 Å². The van der Waals surface area contributed by atoms with Crippen LogP contribution in [-0.4, -0.2) is 61.3 Å². The van der Waals surface area contributed by atoms with Gasteiger partial charge in [-0.15, -0.1) is 0 Å². The van der Waals surface area contributed by atoms with Gasteiger partial charge in [-0.3, -0.25) is 14.4 Å². The Morgan fingerprint density at radius 1 is 1.25 bits per heavy atom. The third kappa shape index (κ3) is 6.05. The smallest absolute Gasteiger partial charge is 0.311 e. The van der Waals surface area contributed by atoms with Gasteiger partial charge in [0.1, 0.15) is 0 Å². The Morgan fingerprint density at radius 2 is 1.89 bits per heavy atom. The van der Waals surface area contributed by atoms with Crippen molar-refractivity contribution in [3.63, 3.8) is 0 Å². The minimum atomic E-state index is -3.11. The lowest BCUT2D eigenvalue weighted by Crippen LogP contribution is -2.46. The first-order valence-electron chi connectivity index (χ1n) is 9.18. The van der Waals surface area contributed by atoms with Crippen molar-refractivity contribution in [1.29, 1.82) is 0 Å². The molecule has 9 heteroatoms. The van der Waals surface area contributed by atoms with E-state index in [9.17, 15) is 22.8 Å². The summed E-state index contributed by atoms with van der Waals surface area (Å²) < 4.78 is 28.6. The average molecular weight is 410 g/mol. The predicted molar refractivity (Wildman–Crippen MR) is 104 cm³/mol. The first-order chi connectivity index (χ1) is 13.1. The Morgan fingerprint density at radius 3 is 2.39 bits per heavy atom. The Labute approximate surface area is 165 Å². The first-order valence-corrected chi connectivity index (χ1v) is 11.0. The predicted octanol–water partition coefficient (Wildman–Crippen LogP) is 1.15. The van der Waals surface area contributed by atoms with Crippen LogP contribution in [0.4, 0.5) is 5.69 Å². The molecule has 0 aliphatic carbocycles. The number of hydrogen-bond acceptors (Lipinski definition) is 6. The van der Waals surface area contributed by atoms with Crippen LogP contribution in [0.2, 0.25) is 0 Å². The van der Waals surface area contributed by atoms with Gasteiger partial charge >= 0.3 is 5.97 Å². The number of benzene rings is 1. The van der Waals surface area contributed by atoms with Gasteiger partial charge in [-0.25, -0.2) is 8.42 Å². The summed E-state index contributed by atoms with van der Waals surface area (Å²) in [7, 11) is -3.11. The molecular formula is C19H26N2O6S. The highest BCUT2D eigenvalue weighted by atomic mass is 32.2. The van der Waals surface area contributed by atoms with E-state index < -0.39 is 21.9 Å². The molecule has 154 valence electrons. The number of esters is 1. The Balaban J connectivity index is 1.91. The zero-order valence-electron chi connectivity index (χ0n) is 16.3. The quantitative estimate of drug-likeness (QED) is 0.676. The van der Waals surface area contributed by atoms with Crippen molar-refractivity contribution < 1.29 is 27.5 Å². The summed E-state index contributed by atoms with van der Waals surface area (Å²) in [4.78, 5) is 37.3. The molecule has 1 heterocycles. The second-order valence-corrected chi connectivity index (χ2v) is 9.10. The van der Waals surface area contributed by atoms with Crippen LogP contribution in [0, 0.1) is 0 Å². The zero-order valence-corrected chi connectivity index (χ0v) is 17.1. The Hall–Kier alpha value is -2.42. The molecule has 0 radical (unpaired) electrons. The van der Waals surface area contributed by atoms with E-state index in [1.807, 2.05) is 0 Å². The highest BCUT2D eigenvalue weighted by Gasteiger charge is 2.36. The topological polar surface area (TPSA) is 110 Å². The number of amides is 2. The maximum Gasteiger partial charge on any atom is 0.311 e. The molecule has 1 saturated heterocycles. The third-order valence-electron chi connectivity index (χ3n) is 4.55. The van der Waals surface area contributed by atoms with E-state index in [0.29, 0.717) is 24.2 Å². The maximum atomic E-state index is 12.6. The van der Waals surface area contributed by atoms with Gasteiger partial charge in [0, 0.05) is 25.2 Å². The van der Waals surface area contributed by atoms with Gasteiger partial charge in [-0.05, 0) is 38.0 Å². The van der Waals surface area contributed by atoms with Crippen LogP contribution >= 0.6 is 0 Å². The number of carbonyl (C=O) groups is 3. The maximum absolute atomic E-state index is 12.6. The summed E-state index contributed by atoms with van der Waals surface area (Å²) >= 11 is 0. The molecule has 0 unspecified atom stereocenters. The van der Waals surface area contributed by atoms with E-state index in [1.165, 1.54) is 18.7 Å². The first kappa shape index (κ1) is 21.9. The van der Waals surface area contributed by atoms with E-state index in [1.54, 1.807) is 31.2 Å². The van der Waals surface area contributed by atoms with Crippen LogP contribution in [0.1, 0.15) is 32.8 Å². The molecule has 1 fully saturated rings. The van der Waals surface area contributed by atoms with E-state index in [-0.39, 0.29) is 35.8 Å².